The summed E-state index contributed by atoms with van der Waals surface area (Å²) in [5.74, 6) is 0.458. The third-order valence-corrected chi connectivity index (χ3v) is 3.40. The van der Waals surface area contributed by atoms with Crippen molar-refractivity contribution in [2.24, 2.45) is 0 Å². The van der Waals surface area contributed by atoms with Gasteiger partial charge < -0.3 is 9.73 Å². The Morgan fingerprint density at radius 1 is 1.45 bits per heavy atom. The van der Waals surface area contributed by atoms with Crippen LogP contribution in [0.3, 0.4) is 0 Å². The molecule has 0 spiro atoms. The van der Waals surface area contributed by atoms with Gasteiger partial charge in [0.1, 0.15) is 5.52 Å². The van der Waals surface area contributed by atoms with Crippen LogP contribution in [0.25, 0.3) is 11.1 Å². The molecule has 0 radical (unpaired) electrons. The molecule has 1 amide bonds. The standard InChI is InChI=1S/C15H15ClN4O2/c1-10-19-13-4-3-11(7-14(13)22-10)15(21)17-5-2-6-20-9-12(16)8-18-20/h3-4,7-9H,2,5-6H2,1H3,(H,17,21). The van der Waals surface area contributed by atoms with E-state index in [9.17, 15) is 4.79 Å². The Bertz CT molecular complexity index is 809. The molecule has 0 atom stereocenters. The first-order chi connectivity index (χ1) is 10.6. The van der Waals surface area contributed by atoms with E-state index in [-0.39, 0.29) is 5.91 Å². The fraction of sp³-hybridized carbons (Fsp3) is 0.267. The molecule has 0 bridgehead atoms. The summed E-state index contributed by atoms with van der Waals surface area (Å²) in [6, 6.07) is 5.23. The topological polar surface area (TPSA) is 73.0 Å². The second-order valence-corrected chi connectivity index (χ2v) is 5.38. The maximum Gasteiger partial charge on any atom is 0.251 e. The van der Waals surface area contributed by atoms with E-state index >= 15 is 0 Å². The highest BCUT2D eigenvalue weighted by atomic mass is 35.5. The average Bonchev–Trinajstić information content (AvgIpc) is 3.07. The fourth-order valence-electron chi connectivity index (χ4n) is 2.19. The molecule has 0 aliphatic heterocycles. The van der Waals surface area contributed by atoms with Gasteiger partial charge in [-0.1, -0.05) is 11.6 Å². The lowest BCUT2D eigenvalue weighted by Gasteiger charge is -2.05. The second-order valence-electron chi connectivity index (χ2n) is 4.95. The van der Waals surface area contributed by atoms with Gasteiger partial charge in [-0.05, 0) is 24.6 Å². The highest BCUT2D eigenvalue weighted by molar-refractivity contribution is 6.30. The smallest absolute Gasteiger partial charge is 0.251 e. The molecule has 7 heteroatoms. The largest absolute Gasteiger partial charge is 0.441 e. The Hall–Kier alpha value is -2.34. The highest BCUT2D eigenvalue weighted by Crippen LogP contribution is 2.16. The molecule has 2 aromatic heterocycles. The van der Waals surface area contributed by atoms with Crippen LogP contribution in [0.5, 0.6) is 0 Å². The molecule has 1 N–H and O–H groups in total. The van der Waals surface area contributed by atoms with E-state index in [1.165, 1.54) is 0 Å². The molecule has 0 unspecified atom stereocenters. The van der Waals surface area contributed by atoms with Gasteiger partial charge in [-0.15, -0.1) is 0 Å². The maximum absolute atomic E-state index is 12.1. The predicted molar refractivity (Wildman–Crippen MR) is 82.9 cm³/mol. The van der Waals surface area contributed by atoms with Gasteiger partial charge in [0.05, 0.1) is 11.2 Å². The van der Waals surface area contributed by atoms with E-state index in [0.29, 0.717) is 35.1 Å². The van der Waals surface area contributed by atoms with E-state index in [4.69, 9.17) is 16.0 Å². The van der Waals surface area contributed by atoms with Gasteiger partial charge in [0.2, 0.25) is 0 Å². The molecular weight excluding hydrogens is 304 g/mol. The predicted octanol–water partition coefficient (Wildman–Crippen LogP) is 2.81. The molecule has 0 fully saturated rings. The van der Waals surface area contributed by atoms with Crippen molar-refractivity contribution in [2.45, 2.75) is 19.9 Å². The second kappa shape index (κ2) is 6.19. The lowest BCUT2D eigenvalue weighted by atomic mass is 10.2. The molecule has 0 saturated heterocycles. The summed E-state index contributed by atoms with van der Waals surface area (Å²) in [6.07, 6.45) is 4.12. The maximum atomic E-state index is 12.1. The summed E-state index contributed by atoms with van der Waals surface area (Å²) in [5.41, 5.74) is 1.94. The minimum Gasteiger partial charge on any atom is -0.441 e. The zero-order chi connectivity index (χ0) is 15.5. The van der Waals surface area contributed by atoms with Crippen molar-refractivity contribution in [3.8, 4) is 0 Å². The SMILES string of the molecule is Cc1nc2ccc(C(=O)NCCCn3cc(Cl)cn3)cc2o1. The number of fused-ring (bicyclic) bond motifs is 1. The van der Waals surface area contributed by atoms with Crippen molar-refractivity contribution in [3.63, 3.8) is 0 Å². The molecule has 1 aromatic carbocycles. The van der Waals surface area contributed by atoms with Crippen LogP contribution < -0.4 is 5.32 Å². The van der Waals surface area contributed by atoms with Crippen molar-refractivity contribution in [3.05, 3.63) is 47.1 Å². The zero-order valence-corrected chi connectivity index (χ0v) is 12.8. The quantitative estimate of drug-likeness (QED) is 0.734. The number of oxazole rings is 1. The summed E-state index contributed by atoms with van der Waals surface area (Å²) in [4.78, 5) is 16.3. The molecule has 3 aromatic rings. The Balaban J connectivity index is 1.54. The van der Waals surface area contributed by atoms with E-state index < -0.39 is 0 Å². The number of nitrogens with one attached hydrogen (secondary N) is 1. The van der Waals surface area contributed by atoms with E-state index in [1.54, 1.807) is 42.2 Å². The number of amides is 1. The first-order valence-electron chi connectivity index (χ1n) is 6.95. The zero-order valence-electron chi connectivity index (χ0n) is 12.0. The number of hydrogen-bond acceptors (Lipinski definition) is 4. The number of aryl methyl sites for hydroxylation is 2. The van der Waals surface area contributed by atoms with Crippen molar-refractivity contribution in [2.75, 3.05) is 6.54 Å². The fourth-order valence-corrected chi connectivity index (χ4v) is 2.34. The van der Waals surface area contributed by atoms with Gasteiger partial charge in [-0.25, -0.2) is 4.98 Å². The average molecular weight is 319 g/mol. The lowest BCUT2D eigenvalue weighted by Crippen LogP contribution is -2.25. The van der Waals surface area contributed by atoms with Crippen LogP contribution in [0.1, 0.15) is 22.7 Å². The number of carbonyl (C=O) groups is 1. The van der Waals surface area contributed by atoms with Crippen LogP contribution in [0, 0.1) is 6.92 Å². The van der Waals surface area contributed by atoms with Crippen LogP contribution in [-0.2, 0) is 6.54 Å². The molecule has 2 heterocycles. The Morgan fingerprint density at radius 3 is 3.09 bits per heavy atom. The summed E-state index contributed by atoms with van der Waals surface area (Å²) in [5, 5.41) is 7.56. The molecule has 3 rings (SSSR count). The molecule has 6 nitrogen and oxygen atoms in total. The number of hydrogen-bond donors (Lipinski definition) is 1. The first-order valence-corrected chi connectivity index (χ1v) is 7.33. The number of benzene rings is 1. The number of halogens is 1. The number of carbonyl (C=O) groups excluding carboxylic acids is 1. The highest BCUT2D eigenvalue weighted by Gasteiger charge is 2.09. The normalized spacial score (nSPS) is 11.0. The van der Waals surface area contributed by atoms with Crippen molar-refractivity contribution < 1.29 is 9.21 Å². The first kappa shape index (κ1) is 14.6. The molecule has 114 valence electrons. The van der Waals surface area contributed by atoms with Crippen LogP contribution in [0.4, 0.5) is 0 Å². The third kappa shape index (κ3) is 3.28. The van der Waals surface area contributed by atoms with Crippen LogP contribution in [-0.4, -0.2) is 27.2 Å². The van der Waals surface area contributed by atoms with Gasteiger partial charge in [-0.3, -0.25) is 9.48 Å². The Labute approximate surface area is 132 Å². The van der Waals surface area contributed by atoms with Gasteiger partial charge in [0, 0.05) is 31.8 Å². The third-order valence-electron chi connectivity index (χ3n) is 3.21. The van der Waals surface area contributed by atoms with E-state index in [1.807, 2.05) is 0 Å². The van der Waals surface area contributed by atoms with Gasteiger partial charge >= 0.3 is 0 Å². The summed E-state index contributed by atoms with van der Waals surface area (Å²) >= 11 is 5.79. The van der Waals surface area contributed by atoms with Crippen LogP contribution in [0.15, 0.2) is 35.0 Å². The monoisotopic (exact) mass is 318 g/mol. The number of aromatic nitrogens is 3. The summed E-state index contributed by atoms with van der Waals surface area (Å²) < 4.78 is 7.18. The van der Waals surface area contributed by atoms with Gasteiger partial charge in [-0.2, -0.15) is 5.10 Å². The Kier molecular flexibility index (Phi) is 4.11. The van der Waals surface area contributed by atoms with Crippen LogP contribution in [0.2, 0.25) is 5.02 Å². The molecule has 0 aliphatic carbocycles. The molecule has 22 heavy (non-hydrogen) atoms. The molecule has 0 saturated carbocycles. The van der Waals surface area contributed by atoms with Gasteiger partial charge in [0.15, 0.2) is 11.5 Å². The molecule has 0 aliphatic rings. The molecular formula is C15H15ClN4O2. The summed E-state index contributed by atoms with van der Waals surface area (Å²) in [6.45, 7) is 3.04. The minimum absolute atomic E-state index is 0.130. The van der Waals surface area contributed by atoms with Crippen LogP contribution >= 0.6 is 11.6 Å². The lowest BCUT2D eigenvalue weighted by molar-refractivity contribution is 0.0952. The number of rotatable bonds is 5. The minimum atomic E-state index is -0.130. The Morgan fingerprint density at radius 2 is 2.32 bits per heavy atom. The van der Waals surface area contributed by atoms with Crippen molar-refractivity contribution in [1.82, 2.24) is 20.1 Å². The van der Waals surface area contributed by atoms with Crippen molar-refractivity contribution in [1.29, 1.82) is 0 Å². The number of nitrogens with zero attached hydrogens (tertiary/aromatic N) is 3. The summed E-state index contributed by atoms with van der Waals surface area (Å²) in [7, 11) is 0. The van der Waals surface area contributed by atoms with Gasteiger partial charge in [0.25, 0.3) is 5.91 Å². The van der Waals surface area contributed by atoms with Crippen molar-refractivity contribution >= 4 is 28.6 Å². The van der Waals surface area contributed by atoms with E-state index in [2.05, 4.69) is 15.4 Å². The van der Waals surface area contributed by atoms with E-state index in [0.717, 1.165) is 11.9 Å².